The number of methoxy groups -OCH3 is 1. The lowest BCUT2D eigenvalue weighted by atomic mass is 10.2. The first-order valence-electron chi connectivity index (χ1n) is 14.0. The van der Waals surface area contributed by atoms with Crippen LogP contribution in [-0.2, 0) is 23.5 Å². The fourth-order valence-electron chi connectivity index (χ4n) is 5.06. The predicted molar refractivity (Wildman–Crippen MR) is 155 cm³/mol. The summed E-state index contributed by atoms with van der Waals surface area (Å²) in [5.74, 6) is -0.548. The maximum Gasteiger partial charge on any atom is 0.525 e. The van der Waals surface area contributed by atoms with E-state index in [2.05, 4.69) is 15.3 Å². The molecule has 0 radical (unpaired) electrons. The molecule has 15 nitrogen and oxygen atoms in total. The van der Waals surface area contributed by atoms with E-state index in [-0.39, 0.29) is 38.0 Å². The van der Waals surface area contributed by atoms with Crippen molar-refractivity contribution >= 4 is 31.4 Å². The third-order valence-corrected chi connectivity index (χ3v) is 8.69. The summed E-state index contributed by atoms with van der Waals surface area (Å²) in [7, 11) is -2.63. The molecule has 1 aromatic carbocycles. The van der Waals surface area contributed by atoms with Gasteiger partial charge in [-0.25, -0.2) is 14.8 Å². The van der Waals surface area contributed by atoms with Gasteiger partial charge in [-0.15, -0.1) is 5.06 Å². The molecule has 2 aliphatic heterocycles. The quantitative estimate of drug-likeness (QED) is 0.310. The van der Waals surface area contributed by atoms with Gasteiger partial charge in [0, 0.05) is 44.9 Å². The zero-order chi connectivity index (χ0) is 31.1. The molecule has 0 saturated carbocycles. The molecule has 2 unspecified atom stereocenters. The highest BCUT2D eigenvalue weighted by Crippen LogP contribution is 2.42. The molecule has 234 valence electrons. The summed E-state index contributed by atoms with van der Waals surface area (Å²) in [6.07, 6.45) is -1.35. The summed E-state index contributed by atoms with van der Waals surface area (Å²) >= 11 is 0. The number of hydrogen-bond acceptors (Lipinski definition) is 11. The van der Waals surface area contributed by atoms with Gasteiger partial charge in [-0.2, -0.15) is 0 Å². The van der Waals surface area contributed by atoms with Crippen molar-refractivity contribution in [3.8, 4) is 11.4 Å². The zero-order valence-corrected chi connectivity index (χ0v) is 25.2. The minimum Gasteiger partial charge on any atom is -0.448 e. The summed E-state index contributed by atoms with van der Waals surface area (Å²) in [5.41, 5.74) is 0.653. The average molecular weight is 621 g/mol. The van der Waals surface area contributed by atoms with E-state index in [9.17, 15) is 23.8 Å². The molecule has 0 bridgehead atoms. The van der Waals surface area contributed by atoms with Gasteiger partial charge >= 0.3 is 13.8 Å². The standard InChI is InChI=1S/C27H37N6O9P/c1-4-41-43(38,39)17-22(26(35)32-12-13-33(18(2)15-32)42-27(36)37)29-25(34)21-14-23(31-11-10-20(16-31)40-3)30-24(28-21)19-8-6-5-7-9-19/h5-9,14,18,20,22H,4,10-13,15-17H2,1-3H3,(H,29,34)(H,36,37)(H,38,39)/t18?,20-,22-/m0/s1. The van der Waals surface area contributed by atoms with Gasteiger partial charge < -0.3 is 39.2 Å². The lowest BCUT2D eigenvalue weighted by Gasteiger charge is -2.39. The highest BCUT2D eigenvalue weighted by Gasteiger charge is 2.37. The monoisotopic (exact) mass is 620 g/mol. The topological polar surface area (TPSA) is 184 Å². The van der Waals surface area contributed by atoms with Crippen molar-refractivity contribution in [2.45, 2.75) is 38.5 Å². The number of ether oxygens (including phenoxy) is 1. The Kier molecular flexibility index (Phi) is 10.7. The number of benzene rings is 1. The van der Waals surface area contributed by atoms with Gasteiger partial charge in [0.1, 0.15) is 17.6 Å². The predicted octanol–water partition coefficient (Wildman–Crippen LogP) is 1.83. The summed E-state index contributed by atoms with van der Waals surface area (Å²) in [6.45, 7) is 4.59. The first-order valence-corrected chi connectivity index (χ1v) is 15.7. The lowest BCUT2D eigenvalue weighted by molar-refractivity contribution is -0.172. The maximum absolute atomic E-state index is 13.7. The molecule has 2 saturated heterocycles. The molecule has 2 aliphatic rings. The van der Waals surface area contributed by atoms with Gasteiger partial charge in [-0.05, 0) is 20.3 Å². The third-order valence-electron chi connectivity index (χ3n) is 7.20. The van der Waals surface area contributed by atoms with Crippen LogP contribution in [0.5, 0.6) is 0 Å². The van der Waals surface area contributed by atoms with Crippen LogP contribution in [-0.4, -0.2) is 119 Å². The summed E-state index contributed by atoms with van der Waals surface area (Å²) < 4.78 is 23.3. The molecular weight excluding hydrogens is 583 g/mol. The Morgan fingerprint density at radius 1 is 1.14 bits per heavy atom. The van der Waals surface area contributed by atoms with Crippen LogP contribution in [0.4, 0.5) is 10.6 Å². The van der Waals surface area contributed by atoms with E-state index < -0.39 is 43.8 Å². The number of aromatic nitrogens is 2. The molecule has 3 heterocycles. The molecule has 2 amide bonds. The zero-order valence-electron chi connectivity index (χ0n) is 24.3. The second-order valence-electron chi connectivity index (χ2n) is 10.3. The molecule has 1 aromatic heterocycles. The smallest absolute Gasteiger partial charge is 0.448 e. The van der Waals surface area contributed by atoms with E-state index in [1.54, 1.807) is 21.0 Å². The summed E-state index contributed by atoms with van der Waals surface area (Å²) in [4.78, 5) is 66.0. The van der Waals surface area contributed by atoms with Crippen LogP contribution in [0.1, 0.15) is 30.8 Å². The number of carbonyl (C=O) groups excluding carboxylic acids is 2. The van der Waals surface area contributed by atoms with E-state index in [1.807, 2.05) is 35.2 Å². The Morgan fingerprint density at radius 3 is 2.51 bits per heavy atom. The molecule has 16 heteroatoms. The van der Waals surface area contributed by atoms with Gasteiger partial charge in [-0.3, -0.25) is 14.2 Å². The van der Waals surface area contributed by atoms with Crippen LogP contribution >= 0.6 is 7.60 Å². The van der Waals surface area contributed by atoms with Gasteiger partial charge in [0.25, 0.3) is 5.91 Å². The van der Waals surface area contributed by atoms with Gasteiger partial charge in [-0.1, -0.05) is 30.3 Å². The normalized spacial score (nSPS) is 21.2. The van der Waals surface area contributed by atoms with Crippen LogP contribution < -0.4 is 10.2 Å². The number of rotatable bonds is 11. The number of amides is 2. The van der Waals surface area contributed by atoms with Crippen LogP contribution in [0.2, 0.25) is 0 Å². The van der Waals surface area contributed by atoms with E-state index in [1.165, 1.54) is 16.0 Å². The van der Waals surface area contributed by atoms with Gasteiger partial charge in [0.15, 0.2) is 5.82 Å². The average Bonchev–Trinajstić information content (AvgIpc) is 3.47. The molecule has 4 rings (SSSR count). The Balaban J connectivity index is 1.61. The molecule has 0 aliphatic carbocycles. The number of hydrogen-bond donors (Lipinski definition) is 3. The van der Waals surface area contributed by atoms with Crippen molar-refractivity contribution in [3.05, 3.63) is 42.1 Å². The number of piperazine rings is 1. The van der Waals surface area contributed by atoms with Crippen LogP contribution in [0, 0.1) is 0 Å². The maximum atomic E-state index is 13.7. The van der Waals surface area contributed by atoms with E-state index in [0.29, 0.717) is 30.3 Å². The number of carboxylic acid groups (broad SMARTS) is 1. The fourth-order valence-corrected chi connectivity index (χ4v) is 6.28. The number of nitrogens with one attached hydrogen (secondary N) is 1. The molecular formula is C27H37N6O9P. The molecule has 3 N–H and O–H groups in total. The number of carbonyl (C=O) groups is 3. The third kappa shape index (κ3) is 8.48. The van der Waals surface area contributed by atoms with Crippen LogP contribution in [0.25, 0.3) is 11.4 Å². The van der Waals surface area contributed by atoms with Gasteiger partial charge in [0.2, 0.25) is 5.91 Å². The minimum atomic E-state index is -4.27. The van der Waals surface area contributed by atoms with E-state index in [0.717, 1.165) is 6.42 Å². The Morgan fingerprint density at radius 2 is 1.88 bits per heavy atom. The largest absolute Gasteiger partial charge is 0.525 e. The number of anilines is 1. The molecule has 43 heavy (non-hydrogen) atoms. The molecule has 2 fully saturated rings. The van der Waals surface area contributed by atoms with Crippen molar-refractivity contribution in [1.29, 1.82) is 0 Å². The Bertz CT molecular complexity index is 1350. The first kappa shape index (κ1) is 32.3. The van der Waals surface area contributed by atoms with Crippen molar-refractivity contribution in [2.75, 3.05) is 57.5 Å². The second kappa shape index (κ2) is 14.2. The van der Waals surface area contributed by atoms with Crippen molar-refractivity contribution in [2.24, 2.45) is 0 Å². The van der Waals surface area contributed by atoms with E-state index in [4.69, 9.17) is 19.2 Å². The lowest BCUT2D eigenvalue weighted by Crippen LogP contribution is -2.58. The number of hydroxylamine groups is 2. The summed E-state index contributed by atoms with van der Waals surface area (Å²) in [6, 6.07) is 8.72. The highest BCUT2D eigenvalue weighted by molar-refractivity contribution is 7.52. The van der Waals surface area contributed by atoms with Crippen molar-refractivity contribution in [1.82, 2.24) is 25.2 Å². The SMILES string of the molecule is CCOP(=O)(O)C[C@H](NC(=O)c1cc(N2CC[C@H](OC)C2)nc(-c2ccccc2)n1)C(=O)N1CCN(OC(=O)O)C(C)C1. The van der Waals surface area contributed by atoms with Gasteiger partial charge in [0.05, 0.1) is 31.5 Å². The summed E-state index contributed by atoms with van der Waals surface area (Å²) in [5, 5.41) is 12.8. The minimum absolute atomic E-state index is 0.00967. The van der Waals surface area contributed by atoms with Crippen LogP contribution in [0.3, 0.4) is 0 Å². The number of nitrogens with zero attached hydrogens (tertiary/aromatic N) is 5. The van der Waals surface area contributed by atoms with Crippen molar-refractivity contribution < 1.29 is 43.0 Å². The Labute approximate surface area is 249 Å². The Hall–Kier alpha value is -3.62. The van der Waals surface area contributed by atoms with Crippen molar-refractivity contribution in [3.63, 3.8) is 0 Å². The van der Waals surface area contributed by atoms with E-state index >= 15 is 0 Å². The second-order valence-corrected chi connectivity index (χ2v) is 12.2. The molecule has 2 aromatic rings. The van der Waals surface area contributed by atoms with Crippen LogP contribution in [0.15, 0.2) is 36.4 Å². The molecule has 4 atom stereocenters. The highest BCUT2D eigenvalue weighted by atomic mass is 31.2. The first-order chi connectivity index (χ1) is 20.5. The molecule has 0 spiro atoms. The fraction of sp³-hybridized carbons (Fsp3) is 0.519.